The van der Waals surface area contributed by atoms with Gasteiger partial charge in [-0.1, -0.05) is 81.4 Å². The lowest BCUT2D eigenvalue weighted by molar-refractivity contribution is -0.130. The van der Waals surface area contributed by atoms with E-state index in [1.54, 1.807) is 60.6 Å². The van der Waals surface area contributed by atoms with Crippen molar-refractivity contribution in [3.05, 3.63) is 29.8 Å². The highest BCUT2D eigenvalue weighted by Gasteiger charge is 2.33. The molecular formula is C32H63NO13S4. The fourth-order valence-electron chi connectivity index (χ4n) is 3.19. The topological polar surface area (TPSA) is 247 Å². The van der Waals surface area contributed by atoms with Gasteiger partial charge in [0, 0.05) is 5.41 Å². The van der Waals surface area contributed by atoms with Crippen LogP contribution in [0.25, 0.3) is 0 Å². The number of carbonyl (C=O) groups excluding carboxylic acids is 1. The molecule has 0 atom stereocenters. The van der Waals surface area contributed by atoms with E-state index in [-0.39, 0.29) is 27.4 Å². The molecule has 1 aromatic carbocycles. The zero-order chi connectivity index (χ0) is 41.0. The molecule has 1 rings (SSSR count). The van der Waals surface area contributed by atoms with E-state index >= 15 is 0 Å². The Kier molecular flexibility index (Phi) is 20.5. The summed E-state index contributed by atoms with van der Waals surface area (Å²) in [4.78, 5) is 11.8. The van der Waals surface area contributed by atoms with Crippen LogP contribution in [0.5, 0.6) is 0 Å². The Morgan fingerprint density at radius 3 is 1.22 bits per heavy atom. The first kappa shape index (κ1) is 52.7. The van der Waals surface area contributed by atoms with E-state index in [0.29, 0.717) is 12.8 Å². The Hall–Kier alpha value is -1.67. The van der Waals surface area contributed by atoms with Gasteiger partial charge in [-0.15, -0.1) is 0 Å². The van der Waals surface area contributed by atoms with Crippen LogP contribution >= 0.6 is 0 Å². The molecule has 298 valence electrons. The third kappa shape index (κ3) is 23.0. The molecule has 0 aliphatic carbocycles. The summed E-state index contributed by atoms with van der Waals surface area (Å²) in [5.41, 5.74) is -0.740. The molecule has 1 aromatic rings. The zero-order valence-corrected chi connectivity index (χ0v) is 35.4. The van der Waals surface area contributed by atoms with Crippen molar-refractivity contribution in [1.82, 2.24) is 5.32 Å². The highest BCUT2D eigenvalue weighted by molar-refractivity contribution is 7.87. The van der Waals surface area contributed by atoms with Gasteiger partial charge in [0.2, 0.25) is 5.91 Å². The quantitative estimate of drug-likeness (QED) is 0.140. The number of amides is 1. The monoisotopic (exact) mass is 797 g/mol. The standard InChI is InChI=1S/C11H16O3S.C10H21NO4S.C6H14O3S.C5H12O3S/c1-4-11(2,3)9-5-7-10(8-6-9)15(12,13)14;1-6-9(2,3)8(12)11-10(4,5)7-16(13,14)15;1-4-6(2,3)5-10(7,8)9;1-4-5(2,3)9(6,7)8/h5-8H,4H2,1-3H3,(H,12,13,14);6-7H2,1-5H3,(H,11,12)(H,13,14,15);4-5H2,1-3H3,(H,7,8,9);4H2,1-3H3,(H,6,7,8). The van der Waals surface area contributed by atoms with Gasteiger partial charge in [0.25, 0.3) is 40.5 Å². The highest BCUT2D eigenvalue weighted by atomic mass is 32.2. The molecule has 50 heavy (non-hydrogen) atoms. The minimum atomic E-state index is -4.09. The first-order valence-electron chi connectivity index (χ1n) is 16.0. The van der Waals surface area contributed by atoms with Gasteiger partial charge < -0.3 is 5.32 Å². The van der Waals surface area contributed by atoms with Gasteiger partial charge in [-0.25, -0.2) is 0 Å². The van der Waals surface area contributed by atoms with Gasteiger partial charge >= 0.3 is 0 Å². The fourth-order valence-corrected chi connectivity index (χ4v) is 6.21. The van der Waals surface area contributed by atoms with E-state index in [9.17, 15) is 38.5 Å². The molecule has 1 amide bonds. The average Bonchev–Trinajstić information content (AvgIpc) is 2.90. The van der Waals surface area contributed by atoms with Crippen molar-refractivity contribution in [2.45, 2.75) is 143 Å². The summed E-state index contributed by atoms with van der Waals surface area (Å²) in [5.74, 6) is -0.870. The van der Waals surface area contributed by atoms with E-state index in [4.69, 9.17) is 18.2 Å². The Morgan fingerprint density at radius 1 is 0.600 bits per heavy atom. The third-order valence-electron chi connectivity index (χ3n) is 8.39. The van der Waals surface area contributed by atoms with Crippen LogP contribution in [-0.4, -0.2) is 79.6 Å². The molecule has 0 aliphatic heterocycles. The van der Waals surface area contributed by atoms with E-state index in [1.165, 1.54) is 26.0 Å². The number of hydrogen-bond donors (Lipinski definition) is 5. The van der Waals surface area contributed by atoms with Crippen LogP contribution in [0.3, 0.4) is 0 Å². The summed E-state index contributed by atoms with van der Waals surface area (Å²) < 4.78 is 118. The lowest BCUT2D eigenvalue weighted by Crippen LogP contribution is -2.52. The fraction of sp³-hybridized carbons (Fsp3) is 0.781. The van der Waals surface area contributed by atoms with E-state index in [0.717, 1.165) is 18.4 Å². The Labute approximate surface area is 302 Å². The maximum Gasteiger partial charge on any atom is 0.294 e. The minimum Gasteiger partial charge on any atom is -0.350 e. The van der Waals surface area contributed by atoms with Gasteiger partial charge in [-0.2, -0.15) is 33.7 Å². The molecule has 0 bridgehead atoms. The second-order valence-electron chi connectivity index (χ2n) is 15.4. The lowest BCUT2D eigenvalue weighted by atomic mass is 9.82. The Bertz CT molecular complexity index is 1640. The molecule has 0 heterocycles. The normalized spacial score (nSPS) is 13.4. The van der Waals surface area contributed by atoms with Crippen molar-refractivity contribution >= 4 is 46.4 Å². The van der Waals surface area contributed by atoms with Gasteiger partial charge in [0.05, 0.1) is 26.7 Å². The molecule has 0 saturated carbocycles. The molecular weight excluding hydrogens is 735 g/mol. The van der Waals surface area contributed by atoms with E-state index in [2.05, 4.69) is 26.1 Å². The maximum absolute atomic E-state index is 11.8. The lowest BCUT2D eigenvalue weighted by Gasteiger charge is -2.30. The number of carbonyl (C=O) groups is 1. The van der Waals surface area contributed by atoms with Crippen molar-refractivity contribution < 1.29 is 56.7 Å². The van der Waals surface area contributed by atoms with E-state index in [1.807, 2.05) is 13.8 Å². The van der Waals surface area contributed by atoms with Crippen LogP contribution in [0.1, 0.15) is 128 Å². The largest absolute Gasteiger partial charge is 0.350 e. The predicted molar refractivity (Wildman–Crippen MR) is 199 cm³/mol. The summed E-state index contributed by atoms with van der Waals surface area (Å²) in [7, 11) is -15.8. The maximum atomic E-state index is 11.8. The van der Waals surface area contributed by atoms with Gasteiger partial charge in [-0.3, -0.25) is 23.0 Å². The van der Waals surface area contributed by atoms with Crippen LogP contribution in [-0.2, 0) is 50.7 Å². The molecule has 0 unspecified atom stereocenters. The minimum absolute atomic E-state index is 0.0255. The Balaban J connectivity index is -0.000000606. The second kappa shape index (κ2) is 19.4. The van der Waals surface area contributed by atoms with Crippen LogP contribution in [0.2, 0.25) is 0 Å². The van der Waals surface area contributed by atoms with Crippen molar-refractivity contribution in [3.63, 3.8) is 0 Å². The number of nitrogens with one attached hydrogen (secondary N) is 1. The first-order chi connectivity index (χ1) is 21.7. The summed E-state index contributed by atoms with van der Waals surface area (Å²) in [5, 5.41) is 2.63. The van der Waals surface area contributed by atoms with E-state index < -0.39 is 61.9 Å². The highest BCUT2D eigenvalue weighted by Crippen LogP contribution is 2.27. The molecule has 14 nitrogen and oxygen atoms in total. The van der Waals surface area contributed by atoms with Crippen molar-refractivity contribution in [3.8, 4) is 0 Å². The van der Waals surface area contributed by atoms with Gasteiger partial charge in [0.15, 0.2) is 0 Å². The molecule has 0 radical (unpaired) electrons. The summed E-state index contributed by atoms with van der Waals surface area (Å²) in [6, 6.07) is 6.35. The molecule has 5 N–H and O–H groups in total. The Morgan fingerprint density at radius 2 is 1.00 bits per heavy atom. The smallest absolute Gasteiger partial charge is 0.294 e. The van der Waals surface area contributed by atoms with Crippen LogP contribution in [0.15, 0.2) is 29.2 Å². The third-order valence-corrected chi connectivity index (χ3v) is 13.2. The van der Waals surface area contributed by atoms with Crippen molar-refractivity contribution in [2.24, 2.45) is 10.8 Å². The first-order valence-corrected chi connectivity index (χ1v) is 22.1. The summed E-state index contributed by atoms with van der Waals surface area (Å²) >= 11 is 0. The number of benzene rings is 1. The number of hydrogen-bond acceptors (Lipinski definition) is 9. The van der Waals surface area contributed by atoms with Crippen LogP contribution in [0, 0.1) is 10.8 Å². The molecule has 0 saturated heterocycles. The molecule has 0 fully saturated rings. The van der Waals surface area contributed by atoms with Crippen molar-refractivity contribution in [2.75, 3.05) is 11.5 Å². The van der Waals surface area contributed by atoms with Crippen LogP contribution < -0.4 is 5.32 Å². The SMILES string of the molecule is CCC(C)(C)C(=O)NC(C)(C)CS(=O)(=O)O.CCC(C)(C)CS(=O)(=O)O.CCC(C)(C)S(=O)(=O)O.CCC(C)(C)c1ccc(S(=O)(=O)O)cc1. The molecule has 0 aliphatic rings. The van der Waals surface area contributed by atoms with Crippen LogP contribution in [0.4, 0.5) is 0 Å². The van der Waals surface area contributed by atoms with Gasteiger partial charge in [0.1, 0.15) is 0 Å². The average molecular weight is 798 g/mol. The summed E-state index contributed by atoms with van der Waals surface area (Å²) in [6.45, 7) is 25.0. The summed E-state index contributed by atoms with van der Waals surface area (Å²) in [6.07, 6.45) is 2.79. The molecule has 0 aromatic heterocycles. The second-order valence-corrected chi connectivity index (χ2v) is 21.8. The molecule has 0 spiro atoms. The molecule has 18 heteroatoms. The van der Waals surface area contributed by atoms with Gasteiger partial charge in [-0.05, 0) is 81.9 Å². The number of rotatable bonds is 13. The predicted octanol–water partition coefficient (Wildman–Crippen LogP) is 6.20. The zero-order valence-electron chi connectivity index (χ0n) is 32.1. The van der Waals surface area contributed by atoms with Crippen molar-refractivity contribution in [1.29, 1.82) is 0 Å².